The van der Waals surface area contributed by atoms with Gasteiger partial charge in [-0.25, -0.2) is 9.97 Å². The van der Waals surface area contributed by atoms with Gasteiger partial charge in [-0.05, 0) is 6.07 Å². The second-order valence-corrected chi connectivity index (χ2v) is 5.87. The Balaban J connectivity index is 1.46. The zero-order valence-corrected chi connectivity index (χ0v) is 12.1. The molecule has 1 aromatic rings. The highest BCUT2D eigenvalue weighted by Gasteiger charge is 2.42. The summed E-state index contributed by atoms with van der Waals surface area (Å²) in [6, 6.07) is 1.57. The molecule has 0 N–H and O–H groups in total. The number of hydrogen-bond donors (Lipinski definition) is 0. The van der Waals surface area contributed by atoms with E-state index in [9.17, 15) is 14.4 Å². The topological polar surface area (TPSA) is 83.5 Å². The average molecular weight is 306 g/mol. The highest BCUT2D eigenvalue weighted by atomic mass is 32.2. The van der Waals surface area contributed by atoms with E-state index in [0.717, 1.165) is 0 Å². The maximum Gasteiger partial charge on any atom is 0.233 e. The third kappa shape index (κ3) is 2.90. The lowest BCUT2D eigenvalue weighted by molar-refractivity contribution is -0.150. The van der Waals surface area contributed by atoms with Crippen LogP contribution >= 0.6 is 11.8 Å². The Morgan fingerprint density at radius 1 is 1.19 bits per heavy atom. The molecule has 0 radical (unpaired) electrons. The standard InChI is InChI=1S/C13H14N4O3S/c18-10-2-3-11(19)17(10)9-6-16(7-9)12(20)8-21-13-14-4-1-5-15-13/h1,4-5,9H,2-3,6-8H2. The molecule has 3 amide bonds. The van der Waals surface area contributed by atoms with Crippen LogP contribution in [-0.4, -0.2) is 62.4 Å². The minimum absolute atomic E-state index is 0.0252. The molecule has 2 saturated heterocycles. The smallest absolute Gasteiger partial charge is 0.233 e. The van der Waals surface area contributed by atoms with E-state index in [0.29, 0.717) is 31.1 Å². The predicted molar refractivity (Wildman–Crippen MR) is 74.2 cm³/mol. The van der Waals surface area contributed by atoms with Gasteiger partial charge in [-0.15, -0.1) is 0 Å². The van der Waals surface area contributed by atoms with Gasteiger partial charge in [-0.2, -0.15) is 0 Å². The third-order valence-electron chi connectivity index (χ3n) is 3.54. The molecule has 1 aromatic heterocycles. The molecule has 8 heteroatoms. The molecule has 3 heterocycles. The van der Waals surface area contributed by atoms with E-state index in [4.69, 9.17) is 0 Å². The molecule has 21 heavy (non-hydrogen) atoms. The number of amides is 3. The summed E-state index contributed by atoms with van der Waals surface area (Å²) in [6.45, 7) is 0.874. The summed E-state index contributed by atoms with van der Waals surface area (Å²) in [7, 11) is 0. The van der Waals surface area contributed by atoms with Crippen LogP contribution in [0.5, 0.6) is 0 Å². The predicted octanol–water partition coefficient (Wildman–Crippen LogP) is -0.0715. The minimum Gasteiger partial charge on any atom is -0.338 e. The van der Waals surface area contributed by atoms with E-state index < -0.39 is 0 Å². The van der Waals surface area contributed by atoms with Gasteiger partial charge < -0.3 is 4.90 Å². The first-order valence-electron chi connectivity index (χ1n) is 6.67. The molecule has 110 valence electrons. The van der Waals surface area contributed by atoms with Crippen LogP contribution in [0.25, 0.3) is 0 Å². The Labute approximate surface area is 125 Å². The Morgan fingerprint density at radius 3 is 2.43 bits per heavy atom. The number of imide groups is 1. The first-order chi connectivity index (χ1) is 10.1. The van der Waals surface area contributed by atoms with Crippen molar-refractivity contribution in [2.75, 3.05) is 18.8 Å². The van der Waals surface area contributed by atoms with E-state index in [1.54, 1.807) is 23.4 Å². The molecule has 2 aliphatic rings. The van der Waals surface area contributed by atoms with Crippen LogP contribution in [0.2, 0.25) is 0 Å². The fraction of sp³-hybridized carbons (Fsp3) is 0.462. The third-order valence-corrected chi connectivity index (χ3v) is 4.40. The Bertz CT molecular complexity index is 558. The molecule has 0 unspecified atom stereocenters. The number of hydrogen-bond acceptors (Lipinski definition) is 6. The zero-order chi connectivity index (χ0) is 14.8. The van der Waals surface area contributed by atoms with E-state index in [1.165, 1.54) is 16.7 Å². The SMILES string of the molecule is O=C(CSc1ncccn1)N1CC(N2C(=O)CCC2=O)C1. The van der Waals surface area contributed by atoms with Crippen LogP contribution in [0.3, 0.4) is 0 Å². The van der Waals surface area contributed by atoms with Gasteiger partial charge in [0.05, 0.1) is 11.8 Å². The lowest BCUT2D eigenvalue weighted by Crippen LogP contribution is -2.62. The first-order valence-corrected chi connectivity index (χ1v) is 7.66. The molecular formula is C13H14N4O3S. The summed E-state index contributed by atoms with van der Waals surface area (Å²) in [6.07, 6.45) is 3.85. The Kier molecular flexibility index (Phi) is 3.87. The van der Waals surface area contributed by atoms with E-state index in [-0.39, 0.29) is 29.5 Å². The van der Waals surface area contributed by atoms with Gasteiger partial charge in [0.1, 0.15) is 0 Å². The summed E-state index contributed by atoms with van der Waals surface area (Å²) >= 11 is 1.28. The fourth-order valence-corrected chi connectivity index (χ4v) is 3.11. The second-order valence-electron chi connectivity index (χ2n) is 4.93. The van der Waals surface area contributed by atoms with E-state index in [2.05, 4.69) is 9.97 Å². The molecule has 7 nitrogen and oxygen atoms in total. The van der Waals surface area contributed by atoms with Crippen molar-refractivity contribution in [3.63, 3.8) is 0 Å². The van der Waals surface area contributed by atoms with Crippen LogP contribution in [0.4, 0.5) is 0 Å². The summed E-state index contributed by atoms with van der Waals surface area (Å²) in [4.78, 5) is 46.2. The van der Waals surface area contributed by atoms with Crippen molar-refractivity contribution in [2.24, 2.45) is 0 Å². The number of rotatable bonds is 4. The maximum atomic E-state index is 12.0. The van der Waals surface area contributed by atoms with Crippen LogP contribution in [-0.2, 0) is 14.4 Å². The molecule has 0 spiro atoms. The fourth-order valence-electron chi connectivity index (χ4n) is 2.40. The van der Waals surface area contributed by atoms with Gasteiger partial charge in [0.2, 0.25) is 17.7 Å². The number of carbonyl (C=O) groups excluding carboxylic acids is 3. The van der Waals surface area contributed by atoms with Gasteiger partial charge in [-0.3, -0.25) is 19.3 Å². The Morgan fingerprint density at radius 2 is 1.81 bits per heavy atom. The number of thioether (sulfide) groups is 1. The lowest BCUT2D eigenvalue weighted by atomic mass is 10.1. The quantitative estimate of drug-likeness (QED) is 0.440. The summed E-state index contributed by atoms with van der Waals surface area (Å²) < 4.78 is 0. The number of carbonyl (C=O) groups is 3. The molecule has 2 fully saturated rings. The largest absolute Gasteiger partial charge is 0.338 e. The monoisotopic (exact) mass is 306 g/mol. The number of nitrogens with zero attached hydrogens (tertiary/aromatic N) is 4. The van der Waals surface area contributed by atoms with Crippen molar-refractivity contribution in [3.8, 4) is 0 Å². The van der Waals surface area contributed by atoms with Crippen molar-refractivity contribution in [1.29, 1.82) is 0 Å². The summed E-state index contributed by atoms with van der Waals surface area (Å²) in [5.74, 6) is -0.00496. The normalized spacial score (nSPS) is 19.0. The zero-order valence-electron chi connectivity index (χ0n) is 11.3. The van der Waals surface area contributed by atoms with Gasteiger partial charge >= 0.3 is 0 Å². The highest BCUT2D eigenvalue weighted by molar-refractivity contribution is 7.99. The highest BCUT2D eigenvalue weighted by Crippen LogP contribution is 2.23. The molecule has 0 atom stereocenters. The second kappa shape index (κ2) is 5.80. The van der Waals surface area contributed by atoms with Gasteiger partial charge in [0.15, 0.2) is 5.16 Å². The van der Waals surface area contributed by atoms with Crippen LogP contribution in [0, 0.1) is 0 Å². The molecule has 3 rings (SSSR count). The minimum atomic E-state index is -0.144. The van der Waals surface area contributed by atoms with Gasteiger partial charge in [0.25, 0.3) is 0 Å². The van der Waals surface area contributed by atoms with Crippen LogP contribution in [0.15, 0.2) is 23.6 Å². The maximum absolute atomic E-state index is 12.0. The summed E-state index contributed by atoms with van der Waals surface area (Å²) in [5, 5.41) is 0.563. The average Bonchev–Trinajstić information content (AvgIpc) is 2.77. The van der Waals surface area contributed by atoms with Crippen molar-refractivity contribution in [2.45, 2.75) is 24.0 Å². The molecule has 2 aliphatic heterocycles. The van der Waals surface area contributed by atoms with Crippen LogP contribution < -0.4 is 0 Å². The van der Waals surface area contributed by atoms with Crippen molar-refractivity contribution in [3.05, 3.63) is 18.5 Å². The molecular weight excluding hydrogens is 292 g/mol. The lowest BCUT2D eigenvalue weighted by Gasteiger charge is -2.42. The molecule has 0 saturated carbocycles. The summed E-state index contributed by atoms with van der Waals surface area (Å²) in [5.41, 5.74) is 0. The van der Waals surface area contributed by atoms with Gasteiger partial charge in [0, 0.05) is 38.3 Å². The van der Waals surface area contributed by atoms with E-state index >= 15 is 0 Å². The molecule has 0 bridgehead atoms. The first kappa shape index (κ1) is 14.0. The number of likely N-dealkylation sites (tertiary alicyclic amines) is 2. The van der Waals surface area contributed by atoms with Crippen molar-refractivity contribution < 1.29 is 14.4 Å². The van der Waals surface area contributed by atoms with Crippen molar-refractivity contribution in [1.82, 2.24) is 19.8 Å². The Hall–Kier alpha value is -1.96. The molecule has 0 aromatic carbocycles. The van der Waals surface area contributed by atoms with Gasteiger partial charge in [-0.1, -0.05) is 11.8 Å². The van der Waals surface area contributed by atoms with E-state index in [1.807, 2.05) is 0 Å². The van der Waals surface area contributed by atoms with Crippen LogP contribution in [0.1, 0.15) is 12.8 Å². The molecule has 0 aliphatic carbocycles. The number of aromatic nitrogens is 2. The van der Waals surface area contributed by atoms with Crippen molar-refractivity contribution >= 4 is 29.5 Å².